The van der Waals surface area contributed by atoms with Gasteiger partial charge in [0, 0.05) is 24.8 Å². The second-order valence-electron chi connectivity index (χ2n) is 4.87. The molecule has 2 rings (SSSR count). The Bertz CT molecular complexity index is 464. The Morgan fingerprint density at radius 3 is 2.68 bits per heavy atom. The van der Waals surface area contributed by atoms with Crippen molar-refractivity contribution in [1.82, 2.24) is 4.98 Å². The summed E-state index contributed by atoms with van der Waals surface area (Å²) in [7, 11) is 0. The van der Waals surface area contributed by atoms with Gasteiger partial charge in [-0.1, -0.05) is 11.6 Å². The molecule has 2 atom stereocenters. The Morgan fingerprint density at radius 1 is 1.42 bits per heavy atom. The van der Waals surface area contributed by atoms with Gasteiger partial charge in [0.2, 0.25) is 0 Å². The maximum absolute atomic E-state index is 12.5. The molecule has 0 aromatic carbocycles. The Labute approximate surface area is 114 Å². The number of anilines is 1. The van der Waals surface area contributed by atoms with Crippen LogP contribution in [0, 0.1) is 0 Å². The molecule has 1 saturated heterocycles. The number of rotatable bonds is 1. The van der Waals surface area contributed by atoms with E-state index < -0.39 is 11.7 Å². The normalized spacial score (nSPS) is 24.6. The third kappa shape index (κ3) is 3.12. The maximum atomic E-state index is 12.5. The summed E-state index contributed by atoms with van der Waals surface area (Å²) in [5.74, 6) is 0.373. The number of nitrogens with zero attached hydrogens (tertiary/aromatic N) is 2. The molecule has 7 heteroatoms. The highest BCUT2D eigenvalue weighted by Crippen LogP contribution is 2.35. The van der Waals surface area contributed by atoms with Crippen molar-refractivity contribution in [2.45, 2.75) is 38.0 Å². The Morgan fingerprint density at radius 2 is 2.11 bits per heavy atom. The fraction of sp³-hybridized carbons (Fsp3) is 0.583. The first-order valence-corrected chi connectivity index (χ1v) is 6.42. The molecule has 106 valence electrons. The molecule has 1 aliphatic rings. The topological polar surface area (TPSA) is 42.1 Å². The number of piperidine rings is 1. The second kappa shape index (κ2) is 5.17. The van der Waals surface area contributed by atoms with Crippen LogP contribution in [0.25, 0.3) is 0 Å². The van der Waals surface area contributed by atoms with Crippen molar-refractivity contribution in [2.75, 3.05) is 11.4 Å². The molecule has 0 aliphatic carbocycles. The number of pyridine rings is 1. The van der Waals surface area contributed by atoms with Gasteiger partial charge < -0.3 is 10.6 Å². The lowest BCUT2D eigenvalue weighted by atomic mass is 10.00. The van der Waals surface area contributed by atoms with Crippen molar-refractivity contribution in [1.29, 1.82) is 0 Å². The van der Waals surface area contributed by atoms with Gasteiger partial charge in [-0.2, -0.15) is 13.2 Å². The van der Waals surface area contributed by atoms with E-state index in [0.29, 0.717) is 12.4 Å². The largest absolute Gasteiger partial charge is 0.417 e. The van der Waals surface area contributed by atoms with E-state index in [9.17, 15) is 13.2 Å². The van der Waals surface area contributed by atoms with E-state index in [1.807, 2.05) is 11.8 Å². The van der Waals surface area contributed by atoms with E-state index in [-0.39, 0.29) is 17.1 Å². The van der Waals surface area contributed by atoms with Crippen LogP contribution in [0.3, 0.4) is 0 Å². The molecule has 1 aromatic rings. The average Bonchev–Trinajstić information content (AvgIpc) is 2.31. The summed E-state index contributed by atoms with van der Waals surface area (Å²) in [6.07, 6.45) is -1.84. The van der Waals surface area contributed by atoms with Crippen LogP contribution < -0.4 is 10.6 Å². The van der Waals surface area contributed by atoms with Gasteiger partial charge in [0.05, 0.1) is 10.6 Å². The minimum Gasteiger partial charge on any atom is -0.351 e. The molecule has 0 radical (unpaired) electrons. The number of hydrogen-bond donors (Lipinski definition) is 1. The van der Waals surface area contributed by atoms with E-state index in [1.54, 1.807) is 0 Å². The van der Waals surface area contributed by atoms with Gasteiger partial charge >= 0.3 is 6.18 Å². The molecule has 0 bridgehead atoms. The number of aromatic nitrogens is 1. The first-order valence-electron chi connectivity index (χ1n) is 6.04. The van der Waals surface area contributed by atoms with E-state index in [0.717, 1.165) is 25.1 Å². The van der Waals surface area contributed by atoms with Gasteiger partial charge in [-0.25, -0.2) is 4.98 Å². The quantitative estimate of drug-likeness (QED) is 0.865. The van der Waals surface area contributed by atoms with Crippen molar-refractivity contribution >= 4 is 17.4 Å². The molecule has 0 saturated carbocycles. The van der Waals surface area contributed by atoms with Crippen molar-refractivity contribution in [2.24, 2.45) is 5.73 Å². The maximum Gasteiger partial charge on any atom is 0.417 e. The predicted molar refractivity (Wildman–Crippen MR) is 68.3 cm³/mol. The summed E-state index contributed by atoms with van der Waals surface area (Å²) >= 11 is 5.94. The Kier molecular flexibility index (Phi) is 3.92. The molecule has 0 spiro atoms. The molecule has 1 aromatic heterocycles. The van der Waals surface area contributed by atoms with E-state index in [4.69, 9.17) is 17.3 Å². The number of nitrogens with two attached hydrogens (primary N) is 1. The third-order valence-corrected chi connectivity index (χ3v) is 3.62. The van der Waals surface area contributed by atoms with Crippen LogP contribution in [0.15, 0.2) is 12.3 Å². The Hall–Kier alpha value is -1.01. The first-order chi connectivity index (χ1) is 8.79. The minimum atomic E-state index is -4.43. The van der Waals surface area contributed by atoms with Crippen molar-refractivity contribution in [3.63, 3.8) is 0 Å². The van der Waals surface area contributed by atoms with Crippen molar-refractivity contribution < 1.29 is 13.2 Å². The Balaban J connectivity index is 2.30. The van der Waals surface area contributed by atoms with Crippen LogP contribution in [0.5, 0.6) is 0 Å². The lowest BCUT2D eigenvalue weighted by Gasteiger charge is -2.38. The highest BCUT2D eigenvalue weighted by molar-refractivity contribution is 6.33. The third-order valence-electron chi connectivity index (χ3n) is 3.34. The summed E-state index contributed by atoms with van der Waals surface area (Å²) in [6.45, 7) is 2.54. The van der Waals surface area contributed by atoms with Crippen LogP contribution in [0.1, 0.15) is 25.3 Å². The summed E-state index contributed by atoms with van der Waals surface area (Å²) in [4.78, 5) is 5.74. The molecule has 1 fully saturated rings. The SMILES string of the molecule is CC1CCC(N)CN1c1ncc(C(F)(F)F)cc1Cl. The van der Waals surface area contributed by atoms with E-state index >= 15 is 0 Å². The summed E-state index contributed by atoms with van der Waals surface area (Å²) in [5.41, 5.74) is 5.04. The van der Waals surface area contributed by atoms with E-state index in [2.05, 4.69) is 4.98 Å². The number of halogens is 4. The van der Waals surface area contributed by atoms with Crippen LogP contribution in [0.2, 0.25) is 5.02 Å². The summed E-state index contributed by atoms with van der Waals surface area (Å²) in [6, 6.07) is 1.08. The molecule has 1 aliphatic heterocycles. The van der Waals surface area contributed by atoms with E-state index in [1.165, 1.54) is 0 Å². The molecular weight excluding hydrogens is 279 g/mol. The predicted octanol–water partition coefficient (Wildman–Crippen LogP) is 3.07. The van der Waals surface area contributed by atoms with Crippen molar-refractivity contribution in [3.8, 4) is 0 Å². The minimum absolute atomic E-state index is 0.00337. The molecule has 3 nitrogen and oxygen atoms in total. The monoisotopic (exact) mass is 293 g/mol. The highest BCUT2D eigenvalue weighted by Gasteiger charge is 2.33. The molecule has 2 heterocycles. The summed E-state index contributed by atoms with van der Waals surface area (Å²) < 4.78 is 37.6. The fourth-order valence-electron chi connectivity index (χ4n) is 2.23. The van der Waals surface area contributed by atoms with Crippen LogP contribution >= 0.6 is 11.6 Å². The summed E-state index contributed by atoms with van der Waals surface area (Å²) in [5, 5.41) is 0.00998. The van der Waals surface area contributed by atoms with Crippen LogP contribution in [0.4, 0.5) is 19.0 Å². The van der Waals surface area contributed by atoms with Gasteiger partial charge in [0.15, 0.2) is 0 Å². The smallest absolute Gasteiger partial charge is 0.351 e. The zero-order chi connectivity index (χ0) is 14.2. The lowest BCUT2D eigenvalue weighted by Crippen LogP contribution is -2.48. The van der Waals surface area contributed by atoms with Gasteiger partial charge in [-0.3, -0.25) is 0 Å². The molecular formula is C12H15ClF3N3. The number of hydrogen-bond acceptors (Lipinski definition) is 3. The first kappa shape index (κ1) is 14.4. The van der Waals surface area contributed by atoms with Gasteiger partial charge in [0.1, 0.15) is 5.82 Å². The zero-order valence-corrected chi connectivity index (χ0v) is 11.2. The average molecular weight is 294 g/mol. The van der Waals surface area contributed by atoms with Gasteiger partial charge in [-0.15, -0.1) is 0 Å². The molecule has 2 unspecified atom stereocenters. The highest BCUT2D eigenvalue weighted by atomic mass is 35.5. The zero-order valence-electron chi connectivity index (χ0n) is 10.4. The molecule has 19 heavy (non-hydrogen) atoms. The fourth-order valence-corrected chi connectivity index (χ4v) is 2.50. The van der Waals surface area contributed by atoms with Crippen LogP contribution in [-0.4, -0.2) is 23.6 Å². The van der Waals surface area contributed by atoms with Crippen molar-refractivity contribution in [3.05, 3.63) is 22.8 Å². The number of alkyl halides is 3. The van der Waals surface area contributed by atoms with Gasteiger partial charge in [0.25, 0.3) is 0 Å². The second-order valence-corrected chi connectivity index (χ2v) is 5.27. The molecule has 0 amide bonds. The van der Waals surface area contributed by atoms with Crippen LogP contribution in [-0.2, 0) is 6.18 Å². The van der Waals surface area contributed by atoms with Gasteiger partial charge in [-0.05, 0) is 25.8 Å². The standard InChI is InChI=1S/C12H15ClF3N3/c1-7-2-3-9(17)6-19(7)11-10(13)4-8(5-18-11)12(14,15)16/h4-5,7,9H,2-3,6,17H2,1H3. The lowest BCUT2D eigenvalue weighted by molar-refractivity contribution is -0.137. The molecule has 2 N–H and O–H groups in total.